The number of ketones is 1. The molecule has 0 aliphatic heterocycles. The minimum atomic E-state index is -0.321. The summed E-state index contributed by atoms with van der Waals surface area (Å²) in [5.41, 5.74) is 2.70. The molecule has 23 heavy (non-hydrogen) atoms. The standard InChI is InChI=1S/C20H16F2O/c21-18-8-1-4-14(12-18)10-16-6-3-7-17(20(16)23)11-15-5-2-9-19(22)13-15/h1-2,4-5,8-13H,3,6-7H2/b16-10-,17-11+. The maximum Gasteiger partial charge on any atom is 0.185 e. The van der Waals surface area contributed by atoms with Gasteiger partial charge in [-0.05, 0) is 66.8 Å². The van der Waals surface area contributed by atoms with Crippen molar-refractivity contribution in [1.29, 1.82) is 0 Å². The lowest BCUT2D eigenvalue weighted by atomic mass is 9.87. The van der Waals surface area contributed by atoms with E-state index in [1.165, 1.54) is 24.3 Å². The van der Waals surface area contributed by atoms with Gasteiger partial charge in [-0.15, -0.1) is 0 Å². The minimum absolute atomic E-state index is 0.0372. The van der Waals surface area contributed by atoms with Crippen molar-refractivity contribution in [2.45, 2.75) is 19.3 Å². The Kier molecular flexibility index (Phi) is 4.47. The third-order valence-corrected chi connectivity index (χ3v) is 3.85. The van der Waals surface area contributed by atoms with E-state index in [2.05, 4.69) is 0 Å². The Hall–Kier alpha value is -2.55. The van der Waals surface area contributed by atoms with Crippen LogP contribution < -0.4 is 0 Å². The molecule has 0 unspecified atom stereocenters. The summed E-state index contributed by atoms with van der Waals surface area (Å²) in [7, 11) is 0. The predicted octanol–water partition coefficient (Wildman–Crippen LogP) is 5.18. The second-order valence-corrected chi connectivity index (χ2v) is 5.63. The minimum Gasteiger partial charge on any atom is -0.289 e. The highest BCUT2D eigenvalue weighted by Crippen LogP contribution is 2.28. The molecular weight excluding hydrogens is 294 g/mol. The Morgan fingerprint density at radius 1 is 0.783 bits per heavy atom. The first kappa shape index (κ1) is 15.3. The average Bonchev–Trinajstić information content (AvgIpc) is 2.51. The third kappa shape index (κ3) is 3.81. The zero-order valence-electron chi connectivity index (χ0n) is 12.6. The molecule has 0 heterocycles. The van der Waals surface area contributed by atoms with E-state index >= 15 is 0 Å². The molecule has 3 heteroatoms. The van der Waals surface area contributed by atoms with Crippen molar-refractivity contribution < 1.29 is 13.6 Å². The van der Waals surface area contributed by atoms with Crippen molar-refractivity contribution >= 4 is 17.9 Å². The van der Waals surface area contributed by atoms with Gasteiger partial charge in [-0.2, -0.15) is 0 Å². The van der Waals surface area contributed by atoms with Crippen LogP contribution in [0.1, 0.15) is 30.4 Å². The van der Waals surface area contributed by atoms with E-state index in [4.69, 9.17) is 0 Å². The van der Waals surface area contributed by atoms with Crippen molar-refractivity contribution in [1.82, 2.24) is 0 Å². The molecule has 0 saturated heterocycles. The van der Waals surface area contributed by atoms with Gasteiger partial charge < -0.3 is 0 Å². The van der Waals surface area contributed by atoms with E-state index in [1.807, 2.05) is 0 Å². The molecule has 2 aromatic carbocycles. The Morgan fingerprint density at radius 2 is 1.26 bits per heavy atom. The zero-order valence-corrected chi connectivity index (χ0v) is 12.6. The molecule has 0 aromatic heterocycles. The molecule has 0 N–H and O–H groups in total. The molecule has 1 saturated carbocycles. The second-order valence-electron chi connectivity index (χ2n) is 5.63. The van der Waals surface area contributed by atoms with Crippen LogP contribution in [-0.2, 0) is 4.79 Å². The first-order valence-electron chi connectivity index (χ1n) is 7.59. The summed E-state index contributed by atoms with van der Waals surface area (Å²) in [6.07, 6.45) is 5.69. The molecule has 1 aliphatic rings. The molecular formula is C20H16F2O. The summed E-state index contributed by atoms with van der Waals surface area (Å²) in [4.78, 5) is 12.6. The fourth-order valence-electron chi connectivity index (χ4n) is 2.77. The monoisotopic (exact) mass is 310 g/mol. The molecule has 0 spiro atoms. The van der Waals surface area contributed by atoms with Gasteiger partial charge in [-0.1, -0.05) is 24.3 Å². The summed E-state index contributed by atoms with van der Waals surface area (Å²) in [5, 5.41) is 0. The summed E-state index contributed by atoms with van der Waals surface area (Å²) < 4.78 is 26.5. The quantitative estimate of drug-likeness (QED) is 0.698. The molecule has 0 amide bonds. The largest absolute Gasteiger partial charge is 0.289 e. The highest BCUT2D eigenvalue weighted by atomic mass is 19.1. The number of hydrogen-bond donors (Lipinski definition) is 0. The van der Waals surface area contributed by atoms with E-state index in [0.29, 0.717) is 35.1 Å². The number of rotatable bonds is 2. The number of hydrogen-bond acceptors (Lipinski definition) is 1. The number of halogens is 2. The summed E-state index contributed by atoms with van der Waals surface area (Å²) >= 11 is 0. The molecule has 1 fully saturated rings. The van der Waals surface area contributed by atoms with Gasteiger partial charge in [-0.25, -0.2) is 8.78 Å². The Balaban J connectivity index is 1.89. The van der Waals surface area contributed by atoms with Crippen LogP contribution in [0.25, 0.3) is 12.2 Å². The van der Waals surface area contributed by atoms with Crippen LogP contribution in [0.3, 0.4) is 0 Å². The second kappa shape index (κ2) is 6.69. The van der Waals surface area contributed by atoms with Gasteiger partial charge in [-0.3, -0.25) is 4.79 Å². The Morgan fingerprint density at radius 3 is 1.70 bits per heavy atom. The van der Waals surface area contributed by atoms with Crippen molar-refractivity contribution in [2.75, 3.05) is 0 Å². The first-order valence-corrected chi connectivity index (χ1v) is 7.59. The van der Waals surface area contributed by atoms with Gasteiger partial charge >= 0.3 is 0 Å². The number of allylic oxidation sites excluding steroid dienone is 2. The van der Waals surface area contributed by atoms with Gasteiger partial charge in [0.25, 0.3) is 0 Å². The van der Waals surface area contributed by atoms with Crippen LogP contribution in [0.5, 0.6) is 0 Å². The highest BCUT2D eigenvalue weighted by molar-refractivity contribution is 6.13. The van der Waals surface area contributed by atoms with Crippen LogP contribution in [0, 0.1) is 11.6 Å². The number of benzene rings is 2. The van der Waals surface area contributed by atoms with Crippen LogP contribution in [0.15, 0.2) is 59.7 Å². The van der Waals surface area contributed by atoms with Crippen LogP contribution >= 0.6 is 0 Å². The van der Waals surface area contributed by atoms with E-state index in [9.17, 15) is 13.6 Å². The number of carbonyl (C=O) groups excluding carboxylic acids is 1. The van der Waals surface area contributed by atoms with Crippen LogP contribution in [0.2, 0.25) is 0 Å². The topological polar surface area (TPSA) is 17.1 Å². The average molecular weight is 310 g/mol. The highest BCUT2D eigenvalue weighted by Gasteiger charge is 2.20. The summed E-state index contributed by atoms with van der Waals surface area (Å²) in [6, 6.07) is 12.4. The van der Waals surface area contributed by atoms with Crippen molar-refractivity contribution in [3.05, 3.63) is 82.4 Å². The molecule has 0 atom stereocenters. The third-order valence-electron chi connectivity index (χ3n) is 3.85. The van der Waals surface area contributed by atoms with Crippen LogP contribution in [-0.4, -0.2) is 5.78 Å². The zero-order chi connectivity index (χ0) is 16.2. The molecule has 0 bridgehead atoms. The molecule has 1 nitrogen and oxygen atoms in total. The first-order chi connectivity index (χ1) is 11.1. The van der Waals surface area contributed by atoms with Gasteiger partial charge in [0, 0.05) is 11.1 Å². The maximum absolute atomic E-state index is 13.3. The fourth-order valence-corrected chi connectivity index (χ4v) is 2.77. The van der Waals surface area contributed by atoms with Crippen molar-refractivity contribution in [3.63, 3.8) is 0 Å². The van der Waals surface area contributed by atoms with Gasteiger partial charge in [0.15, 0.2) is 5.78 Å². The Bertz CT molecular complexity index is 737. The van der Waals surface area contributed by atoms with E-state index < -0.39 is 0 Å². The number of carbonyl (C=O) groups is 1. The smallest absolute Gasteiger partial charge is 0.185 e. The molecule has 2 aromatic rings. The van der Waals surface area contributed by atoms with Crippen LogP contribution in [0.4, 0.5) is 8.78 Å². The lowest BCUT2D eigenvalue weighted by Gasteiger charge is -2.16. The van der Waals surface area contributed by atoms with Gasteiger partial charge in [0.1, 0.15) is 11.6 Å². The van der Waals surface area contributed by atoms with E-state index in [-0.39, 0.29) is 17.4 Å². The summed E-state index contributed by atoms with van der Waals surface area (Å²) in [5.74, 6) is -0.680. The lowest BCUT2D eigenvalue weighted by molar-refractivity contribution is -0.112. The number of Topliss-reactive ketones (excluding diaryl/α,β-unsaturated/α-hetero) is 1. The van der Waals surface area contributed by atoms with E-state index in [0.717, 1.165) is 6.42 Å². The normalized spacial score (nSPS) is 18.6. The van der Waals surface area contributed by atoms with E-state index in [1.54, 1.807) is 36.4 Å². The SMILES string of the molecule is O=C1/C(=C\c2cccc(F)c2)CCC/C1=C\c1cccc(F)c1. The lowest BCUT2D eigenvalue weighted by Crippen LogP contribution is -2.12. The Labute approximate surface area is 134 Å². The fraction of sp³-hybridized carbons (Fsp3) is 0.150. The van der Waals surface area contributed by atoms with Gasteiger partial charge in [0.05, 0.1) is 0 Å². The molecule has 1 aliphatic carbocycles. The predicted molar refractivity (Wildman–Crippen MR) is 87.6 cm³/mol. The van der Waals surface area contributed by atoms with Crippen molar-refractivity contribution in [2.24, 2.45) is 0 Å². The summed E-state index contributed by atoms with van der Waals surface area (Å²) in [6.45, 7) is 0. The molecule has 3 rings (SSSR count). The maximum atomic E-state index is 13.3. The molecule has 0 radical (unpaired) electrons. The molecule has 116 valence electrons. The van der Waals surface area contributed by atoms with Crippen molar-refractivity contribution in [3.8, 4) is 0 Å². The van der Waals surface area contributed by atoms with Gasteiger partial charge in [0.2, 0.25) is 0 Å².